The molecular weight excluding hydrogens is 463 g/mol. The van der Waals surface area contributed by atoms with Crippen LogP contribution in [0.2, 0.25) is 0 Å². The predicted molar refractivity (Wildman–Crippen MR) is 125 cm³/mol. The standard InChI is InChI=1S/C24H31FN2O6S/c1-16-12-27(17(2)14-28)34(30,31)23-9-8-19(18-6-5-7-20(25)10-18)11-21(23)33-22(16)13-26(3)24(29)15-32-4/h5-11,16-17,22,28H,12-15H2,1-4H3/t16-,17-,22-/m1/s1. The summed E-state index contributed by atoms with van der Waals surface area (Å²) in [5, 5.41) is 9.74. The highest BCUT2D eigenvalue weighted by Crippen LogP contribution is 2.36. The van der Waals surface area contributed by atoms with Crippen molar-refractivity contribution in [2.75, 3.05) is 40.5 Å². The Bertz CT molecular complexity index is 1130. The molecule has 1 aliphatic rings. The molecule has 3 rings (SSSR count). The maximum atomic E-state index is 13.8. The fraction of sp³-hybridized carbons (Fsp3) is 0.458. The zero-order chi connectivity index (χ0) is 25.0. The summed E-state index contributed by atoms with van der Waals surface area (Å²) in [7, 11) is -0.933. The number of fused-ring (bicyclic) bond motifs is 1. The molecule has 0 saturated heterocycles. The van der Waals surface area contributed by atoms with Crippen LogP contribution in [0.1, 0.15) is 13.8 Å². The summed E-state index contributed by atoms with van der Waals surface area (Å²) in [5.41, 5.74) is 1.16. The van der Waals surface area contributed by atoms with Gasteiger partial charge in [-0.3, -0.25) is 4.79 Å². The summed E-state index contributed by atoms with van der Waals surface area (Å²) >= 11 is 0. The van der Waals surface area contributed by atoms with Crippen molar-refractivity contribution < 1.29 is 32.2 Å². The Morgan fingerprint density at radius 2 is 2.00 bits per heavy atom. The lowest BCUT2D eigenvalue weighted by Crippen LogP contribution is -2.50. The number of carbonyl (C=O) groups excluding carboxylic acids is 1. The Balaban J connectivity index is 2.09. The molecule has 0 aromatic heterocycles. The molecular formula is C24H31FN2O6S. The second-order valence-corrected chi connectivity index (χ2v) is 10.5. The molecule has 10 heteroatoms. The number of benzene rings is 2. The second-order valence-electron chi connectivity index (χ2n) is 8.62. The third-order valence-corrected chi connectivity index (χ3v) is 7.99. The van der Waals surface area contributed by atoms with Gasteiger partial charge < -0.3 is 19.5 Å². The van der Waals surface area contributed by atoms with Gasteiger partial charge in [0.05, 0.1) is 13.2 Å². The molecule has 1 N–H and O–H groups in total. The van der Waals surface area contributed by atoms with E-state index in [1.165, 1.54) is 34.5 Å². The highest BCUT2D eigenvalue weighted by atomic mass is 32.2. The number of amides is 1. The lowest BCUT2D eigenvalue weighted by atomic mass is 10.0. The maximum absolute atomic E-state index is 13.8. The van der Waals surface area contributed by atoms with Gasteiger partial charge in [0.2, 0.25) is 15.9 Å². The van der Waals surface area contributed by atoms with E-state index < -0.39 is 28.0 Å². The largest absolute Gasteiger partial charge is 0.487 e. The number of aliphatic hydroxyl groups is 1. The molecule has 3 atom stereocenters. The molecule has 0 fully saturated rings. The van der Waals surface area contributed by atoms with Crippen molar-refractivity contribution >= 4 is 15.9 Å². The number of nitrogens with zero attached hydrogens (tertiary/aromatic N) is 2. The second kappa shape index (κ2) is 10.8. The smallest absolute Gasteiger partial charge is 0.248 e. The summed E-state index contributed by atoms with van der Waals surface area (Å²) in [6, 6.07) is 9.94. The fourth-order valence-corrected chi connectivity index (χ4v) is 5.72. The van der Waals surface area contributed by atoms with Crippen molar-refractivity contribution in [3.05, 3.63) is 48.3 Å². The van der Waals surface area contributed by atoms with Gasteiger partial charge in [0.25, 0.3) is 0 Å². The molecule has 0 bridgehead atoms. The van der Waals surface area contributed by atoms with Crippen LogP contribution in [0, 0.1) is 11.7 Å². The van der Waals surface area contributed by atoms with Gasteiger partial charge in [-0.05, 0) is 42.3 Å². The zero-order valence-corrected chi connectivity index (χ0v) is 20.6. The summed E-state index contributed by atoms with van der Waals surface area (Å²) in [4.78, 5) is 13.7. The third-order valence-electron chi connectivity index (χ3n) is 5.97. The average molecular weight is 495 g/mol. The quantitative estimate of drug-likeness (QED) is 0.635. The van der Waals surface area contributed by atoms with Crippen LogP contribution in [-0.4, -0.2) is 81.2 Å². The first-order chi connectivity index (χ1) is 16.1. The number of likely N-dealkylation sites (N-methyl/N-ethyl adjacent to an activating group) is 1. The van der Waals surface area contributed by atoms with E-state index in [1.54, 1.807) is 38.2 Å². The molecule has 1 amide bonds. The number of hydrogen-bond acceptors (Lipinski definition) is 6. The van der Waals surface area contributed by atoms with Crippen molar-refractivity contribution in [2.24, 2.45) is 5.92 Å². The molecule has 34 heavy (non-hydrogen) atoms. The summed E-state index contributed by atoms with van der Waals surface area (Å²) < 4.78 is 53.3. The van der Waals surface area contributed by atoms with Gasteiger partial charge in [-0.15, -0.1) is 0 Å². The van der Waals surface area contributed by atoms with Crippen molar-refractivity contribution in [1.82, 2.24) is 9.21 Å². The van der Waals surface area contributed by atoms with Crippen LogP contribution in [0.25, 0.3) is 11.1 Å². The topological polar surface area (TPSA) is 96.4 Å². The van der Waals surface area contributed by atoms with E-state index >= 15 is 0 Å². The summed E-state index contributed by atoms with van der Waals surface area (Å²) in [5.74, 6) is -0.846. The van der Waals surface area contributed by atoms with E-state index in [1.807, 2.05) is 6.92 Å². The minimum absolute atomic E-state index is 0.0456. The molecule has 0 unspecified atom stereocenters. The maximum Gasteiger partial charge on any atom is 0.248 e. The lowest BCUT2D eigenvalue weighted by molar-refractivity contribution is -0.135. The molecule has 2 aromatic rings. The first-order valence-corrected chi connectivity index (χ1v) is 12.4. The number of hydrogen-bond donors (Lipinski definition) is 1. The van der Waals surface area contributed by atoms with Crippen molar-refractivity contribution in [1.29, 1.82) is 0 Å². The van der Waals surface area contributed by atoms with E-state index in [0.717, 1.165) is 0 Å². The number of aliphatic hydroxyl groups excluding tert-OH is 1. The Hall–Kier alpha value is -2.53. The Kier molecular flexibility index (Phi) is 8.29. The highest BCUT2D eigenvalue weighted by Gasteiger charge is 2.38. The van der Waals surface area contributed by atoms with Gasteiger partial charge in [0.1, 0.15) is 29.2 Å². The molecule has 8 nitrogen and oxygen atoms in total. The van der Waals surface area contributed by atoms with Crippen LogP contribution in [0.3, 0.4) is 0 Å². The van der Waals surface area contributed by atoms with E-state index in [9.17, 15) is 22.7 Å². The van der Waals surface area contributed by atoms with Gasteiger partial charge in [-0.25, -0.2) is 12.8 Å². The van der Waals surface area contributed by atoms with Crippen molar-refractivity contribution in [3.63, 3.8) is 0 Å². The monoisotopic (exact) mass is 494 g/mol. The molecule has 186 valence electrons. The van der Waals surface area contributed by atoms with Crippen molar-refractivity contribution in [3.8, 4) is 16.9 Å². The molecule has 1 aliphatic heterocycles. The number of methoxy groups -OCH3 is 1. The highest BCUT2D eigenvalue weighted by molar-refractivity contribution is 7.89. The molecule has 0 spiro atoms. The first kappa shape index (κ1) is 26.1. The van der Waals surface area contributed by atoms with Crippen LogP contribution in [0.15, 0.2) is 47.4 Å². The van der Waals surface area contributed by atoms with Crippen LogP contribution < -0.4 is 4.74 Å². The van der Waals surface area contributed by atoms with Gasteiger partial charge >= 0.3 is 0 Å². The Morgan fingerprint density at radius 3 is 2.65 bits per heavy atom. The van der Waals surface area contributed by atoms with E-state index in [0.29, 0.717) is 11.1 Å². The Labute approximate surface area is 199 Å². The minimum Gasteiger partial charge on any atom is -0.487 e. The summed E-state index contributed by atoms with van der Waals surface area (Å²) in [6.07, 6.45) is -0.545. The van der Waals surface area contributed by atoms with Gasteiger partial charge in [-0.2, -0.15) is 4.31 Å². The minimum atomic E-state index is -4.00. The molecule has 0 radical (unpaired) electrons. The number of ether oxygens (including phenoxy) is 2. The fourth-order valence-electron chi connectivity index (χ4n) is 3.90. The number of carbonyl (C=O) groups is 1. The van der Waals surface area contributed by atoms with Crippen LogP contribution in [0.4, 0.5) is 4.39 Å². The van der Waals surface area contributed by atoms with Gasteiger partial charge in [0.15, 0.2) is 0 Å². The van der Waals surface area contributed by atoms with E-state index in [4.69, 9.17) is 9.47 Å². The average Bonchev–Trinajstić information content (AvgIpc) is 2.80. The first-order valence-electron chi connectivity index (χ1n) is 11.0. The van der Waals surface area contributed by atoms with Crippen LogP contribution >= 0.6 is 0 Å². The number of halogens is 1. The predicted octanol–water partition coefficient (Wildman–Crippen LogP) is 2.37. The SMILES string of the molecule is COCC(=O)N(C)C[C@H]1Oc2cc(-c3cccc(F)c3)ccc2S(=O)(=O)N([C@H](C)CO)C[C@H]1C. The lowest BCUT2D eigenvalue weighted by Gasteiger charge is -2.37. The third kappa shape index (κ3) is 5.57. The van der Waals surface area contributed by atoms with Crippen LogP contribution in [0.5, 0.6) is 5.75 Å². The number of rotatable bonds is 7. The van der Waals surface area contributed by atoms with Gasteiger partial charge in [-0.1, -0.05) is 25.1 Å². The zero-order valence-electron chi connectivity index (χ0n) is 19.8. The van der Waals surface area contributed by atoms with Crippen LogP contribution in [-0.2, 0) is 19.6 Å². The van der Waals surface area contributed by atoms with E-state index in [2.05, 4.69) is 0 Å². The van der Waals surface area contributed by atoms with Crippen molar-refractivity contribution in [2.45, 2.75) is 30.9 Å². The van der Waals surface area contributed by atoms with Gasteiger partial charge in [0, 0.05) is 32.7 Å². The molecule has 1 heterocycles. The molecule has 0 aliphatic carbocycles. The number of sulfonamides is 1. The summed E-state index contributed by atoms with van der Waals surface area (Å²) in [6.45, 7) is 3.35. The molecule has 0 saturated carbocycles. The van der Waals surface area contributed by atoms with E-state index in [-0.39, 0.29) is 48.8 Å². The molecule has 2 aromatic carbocycles. The Morgan fingerprint density at radius 1 is 1.29 bits per heavy atom. The normalized spacial score (nSPS) is 21.0.